The highest BCUT2D eigenvalue weighted by molar-refractivity contribution is 5.11. The third kappa shape index (κ3) is 3.32. The van der Waals surface area contributed by atoms with Crippen LogP contribution in [0.1, 0.15) is 105 Å². The van der Waals surface area contributed by atoms with Crippen LogP contribution in [0.25, 0.3) is 0 Å². The number of hydrogen-bond donors (Lipinski definition) is 1. The summed E-state index contributed by atoms with van der Waals surface area (Å²) in [5.41, 5.74) is 2.27. The summed E-state index contributed by atoms with van der Waals surface area (Å²) in [5, 5.41) is 11.3. The summed E-state index contributed by atoms with van der Waals surface area (Å²) in [5.74, 6) is 4.68. The fourth-order valence-corrected chi connectivity index (χ4v) is 9.22. The van der Waals surface area contributed by atoms with Crippen molar-refractivity contribution in [1.29, 1.82) is 0 Å². The van der Waals surface area contributed by atoms with Crippen LogP contribution < -0.4 is 0 Å². The van der Waals surface area contributed by atoms with Crippen LogP contribution in [0.3, 0.4) is 0 Å². The van der Waals surface area contributed by atoms with Crippen LogP contribution in [0, 0.1) is 46.3 Å². The second kappa shape index (κ2) is 7.75. The lowest BCUT2D eigenvalue weighted by Crippen LogP contribution is -2.54. The second-order valence-electron chi connectivity index (χ2n) is 12.1. The molecule has 4 aliphatic rings. The lowest BCUT2D eigenvalue weighted by Gasteiger charge is -2.61. The SMILES string of the molecule is C=C(C)CCC[C@@H](C)[C@H]1C[C@@H](O)[C@H]2[C@@H]3CCC4CCCC[C@]4(C)[C@H]3CC[C@@]21C. The van der Waals surface area contributed by atoms with Gasteiger partial charge in [-0.1, -0.05) is 45.6 Å². The first kappa shape index (κ1) is 21.0. The van der Waals surface area contributed by atoms with Gasteiger partial charge in [-0.15, -0.1) is 6.58 Å². The Hall–Kier alpha value is -0.300. The van der Waals surface area contributed by atoms with Crippen LogP contribution in [0.15, 0.2) is 12.2 Å². The molecule has 0 aliphatic heterocycles. The molecule has 0 aromatic rings. The number of allylic oxidation sites excluding steroid dienone is 1. The highest BCUT2D eigenvalue weighted by Gasteiger charge is 2.62. The molecule has 4 aliphatic carbocycles. The van der Waals surface area contributed by atoms with E-state index in [1.807, 2.05) is 0 Å². The van der Waals surface area contributed by atoms with Gasteiger partial charge in [-0.05, 0) is 111 Å². The van der Waals surface area contributed by atoms with Crippen molar-refractivity contribution in [3.63, 3.8) is 0 Å². The van der Waals surface area contributed by atoms with Gasteiger partial charge in [0.2, 0.25) is 0 Å². The van der Waals surface area contributed by atoms with E-state index in [4.69, 9.17) is 0 Å². The lowest BCUT2D eigenvalue weighted by molar-refractivity contribution is -0.130. The minimum atomic E-state index is -0.0462. The molecule has 0 aromatic heterocycles. The number of hydrogen-bond acceptors (Lipinski definition) is 1. The monoisotopic (exact) mass is 386 g/mol. The Morgan fingerprint density at radius 2 is 1.86 bits per heavy atom. The summed E-state index contributed by atoms with van der Waals surface area (Å²) < 4.78 is 0. The van der Waals surface area contributed by atoms with Crippen LogP contribution >= 0.6 is 0 Å². The number of fused-ring (bicyclic) bond motifs is 5. The van der Waals surface area contributed by atoms with Crippen molar-refractivity contribution in [2.75, 3.05) is 0 Å². The van der Waals surface area contributed by atoms with E-state index in [0.29, 0.717) is 16.7 Å². The molecule has 0 bridgehead atoms. The van der Waals surface area contributed by atoms with Crippen LogP contribution in [-0.4, -0.2) is 11.2 Å². The van der Waals surface area contributed by atoms with Gasteiger partial charge in [0.1, 0.15) is 0 Å². The van der Waals surface area contributed by atoms with Crippen molar-refractivity contribution in [2.45, 2.75) is 111 Å². The average molecular weight is 387 g/mol. The minimum absolute atomic E-state index is 0.0462. The molecule has 4 saturated carbocycles. The van der Waals surface area contributed by atoms with Crippen LogP contribution in [0.5, 0.6) is 0 Å². The molecule has 1 N–H and O–H groups in total. The molecule has 1 unspecified atom stereocenters. The first-order valence-corrected chi connectivity index (χ1v) is 12.6. The Morgan fingerprint density at radius 3 is 2.61 bits per heavy atom. The fourth-order valence-electron chi connectivity index (χ4n) is 9.22. The Morgan fingerprint density at radius 1 is 1.07 bits per heavy atom. The predicted octanol–water partition coefficient (Wildman–Crippen LogP) is 7.39. The van der Waals surface area contributed by atoms with Gasteiger partial charge in [-0.3, -0.25) is 0 Å². The molecule has 4 fully saturated rings. The van der Waals surface area contributed by atoms with Crippen molar-refractivity contribution >= 4 is 0 Å². The third-order valence-electron chi connectivity index (χ3n) is 10.6. The van der Waals surface area contributed by atoms with Crippen molar-refractivity contribution < 1.29 is 5.11 Å². The molecule has 0 amide bonds. The van der Waals surface area contributed by atoms with Crippen molar-refractivity contribution in [1.82, 2.24) is 0 Å². The standard InChI is InChI=1S/C27H46O/c1-18(2)9-8-10-19(3)23-17-24(28)25-21-13-12-20-11-6-7-15-26(20,4)22(21)14-16-27(23,25)5/h19-25,28H,1,6-17H2,2-5H3/t19-,20?,21-,22+,23-,24-,25-,26+,27-/m1/s1. The van der Waals surface area contributed by atoms with Gasteiger partial charge in [-0.2, -0.15) is 0 Å². The zero-order valence-corrected chi connectivity index (χ0v) is 19.2. The topological polar surface area (TPSA) is 20.2 Å². The van der Waals surface area contributed by atoms with E-state index in [-0.39, 0.29) is 6.10 Å². The van der Waals surface area contributed by atoms with Crippen molar-refractivity contribution in [2.24, 2.45) is 46.3 Å². The largest absolute Gasteiger partial charge is 0.393 e. The molecule has 9 atom stereocenters. The van der Waals surface area contributed by atoms with E-state index < -0.39 is 0 Å². The van der Waals surface area contributed by atoms with Gasteiger partial charge in [0.05, 0.1) is 6.10 Å². The first-order valence-electron chi connectivity index (χ1n) is 12.6. The molecule has 1 nitrogen and oxygen atoms in total. The van der Waals surface area contributed by atoms with Gasteiger partial charge in [0.15, 0.2) is 0 Å². The van der Waals surface area contributed by atoms with Gasteiger partial charge < -0.3 is 5.11 Å². The first-order chi connectivity index (χ1) is 13.3. The molecule has 0 radical (unpaired) electrons. The van der Waals surface area contributed by atoms with E-state index in [1.54, 1.807) is 0 Å². The Labute approximate surface area is 174 Å². The molecular formula is C27H46O. The summed E-state index contributed by atoms with van der Waals surface area (Å²) in [7, 11) is 0. The summed E-state index contributed by atoms with van der Waals surface area (Å²) >= 11 is 0. The molecule has 160 valence electrons. The van der Waals surface area contributed by atoms with E-state index in [1.165, 1.54) is 76.2 Å². The third-order valence-corrected chi connectivity index (χ3v) is 10.6. The van der Waals surface area contributed by atoms with Crippen LogP contribution in [-0.2, 0) is 0 Å². The quantitative estimate of drug-likeness (QED) is 0.488. The van der Waals surface area contributed by atoms with E-state index in [0.717, 1.165) is 36.0 Å². The Kier molecular flexibility index (Phi) is 5.80. The van der Waals surface area contributed by atoms with E-state index in [2.05, 4.69) is 34.3 Å². The molecule has 0 aromatic carbocycles. The van der Waals surface area contributed by atoms with E-state index >= 15 is 0 Å². The summed E-state index contributed by atoms with van der Waals surface area (Å²) in [6.45, 7) is 14.0. The zero-order chi connectivity index (χ0) is 20.1. The molecule has 28 heavy (non-hydrogen) atoms. The van der Waals surface area contributed by atoms with E-state index in [9.17, 15) is 5.11 Å². The molecule has 1 heteroatoms. The number of aliphatic hydroxyl groups is 1. The Balaban J connectivity index is 1.52. The summed E-state index contributed by atoms with van der Waals surface area (Å²) in [6.07, 6.45) is 16.3. The molecular weight excluding hydrogens is 340 g/mol. The van der Waals surface area contributed by atoms with Gasteiger partial charge in [0, 0.05) is 0 Å². The molecule has 0 spiro atoms. The predicted molar refractivity (Wildman–Crippen MR) is 119 cm³/mol. The number of rotatable bonds is 5. The highest BCUT2D eigenvalue weighted by atomic mass is 16.3. The average Bonchev–Trinajstić information content (AvgIpc) is 2.92. The summed E-state index contributed by atoms with van der Waals surface area (Å²) in [6, 6.07) is 0. The lowest BCUT2D eigenvalue weighted by atomic mass is 9.44. The maximum atomic E-state index is 11.3. The smallest absolute Gasteiger partial charge is 0.0579 e. The summed E-state index contributed by atoms with van der Waals surface area (Å²) in [4.78, 5) is 0. The van der Waals surface area contributed by atoms with Crippen molar-refractivity contribution in [3.05, 3.63) is 12.2 Å². The van der Waals surface area contributed by atoms with Gasteiger partial charge >= 0.3 is 0 Å². The zero-order valence-electron chi connectivity index (χ0n) is 19.2. The molecule has 0 heterocycles. The normalized spacial score (nSPS) is 49.0. The maximum Gasteiger partial charge on any atom is 0.0579 e. The molecule has 4 rings (SSSR count). The fraction of sp³-hybridized carbons (Fsp3) is 0.926. The van der Waals surface area contributed by atoms with Crippen LogP contribution in [0.4, 0.5) is 0 Å². The molecule has 0 saturated heterocycles. The Bertz CT molecular complexity index is 581. The number of aliphatic hydroxyl groups excluding tert-OH is 1. The second-order valence-corrected chi connectivity index (χ2v) is 12.1. The maximum absolute atomic E-state index is 11.3. The van der Waals surface area contributed by atoms with Gasteiger partial charge in [0.25, 0.3) is 0 Å². The van der Waals surface area contributed by atoms with Crippen LogP contribution in [0.2, 0.25) is 0 Å². The highest BCUT2D eigenvalue weighted by Crippen LogP contribution is 2.68. The minimum Gasteiger partial charge on any atom is -0.393 e. The van der Waals surface area contributed by atoms with Crippen molar-refractivity contribution in [3.8, 4) is 0 Å². The van der Waals surface area contributed by atoms with Gasteiger partial charge in [-0.25, -0.2) is 0 Å².